The molecule has 0 unspecified atom stereocenters. The molecule has 1 aromatic rings. The van der Waals surface area contributed by atoms with Crippen molar-refractivity contribution in [2.24, 2.45) is 0 Å². The Morgan fingerprint density at radius 1 is 1.07 bits per heavy atom. The largest absolute Gasteiger partial charge is 0.0581 e. The molecule has 2 aliphatic carbocycles. The van der Waals surface area contributed by atoms with E-state index in [-0.39, 0.29) is 0 Å². The highest BCUT2D eigenvalue weighted by Gasteiger charge is 2.38. The van der Waals surface area contributed by atoms with E-state index in [2.05, 4.69) is 24.3 Å². The van der Waals surface area contributed by atoms with Crippen LogP contribution in [0.2, 0.25) is 0 Å². The van der Waals surface area contributed by atoms with Crippen LogP contribution < -0.4 is 0 Å². The Balaban J connectivity index is 2.03. The normalized spacial score (nSPS) is 23.7. The van der Waals surface area contributed by atoms with Crippen LogP contribution in [0.15, 0.2) is 18.2 Å². The Morgan fingerprint density at radius 2 is 1.93 bits per heavy atom. The van der Waals surface area contributed by atoms with Crippen molar-refractivity contribution in [3.05, 3.63) is 35.4 Å². The van der Waals surface area contributed by atoms with E-state index in [1.165, 1.54) is 44.9 Å². The first-order valence-electron chi connectivity index (χ1n) is 5.90. The number of aryl methyl sites for hydroxylation is 1. The first-order chi connectivity index (χ1) is 6.91. The highest BCUT2D eigenvalue weighted by atomic mass is 14.4. The van der Waals surface area contributed by atoms with Gasteiger partial charge in [0.1, 0.15) is 0 Å². The molecule has 2 aliphatic rings. The molecule has 0 N–H and O–H groups in total. The molecule has 0 heterocycles. The Bertz CT molecular complexity index is 326. The van der Waals surface area contributed by atoms with E-state index in [0.717, 1.165) is 0 Å². The lowest BCUT2D eigenvalue weighted by Gasteiger charge is -2.34. The summed E-state index contributed by atoms with van der Waals surface area (Å²) in [6, 6.07) is 9.87. The third-order valence-corrected chi connectivity index (χ3v) is 4.21. The predicted molar refractivity (Wildman–Crippen MR) is 58.4 cm³/mol. The zero-order valence-corrected chi connectivity index (χ0v) is 8.68. The van der Waals surface area contributed by atoms with Gasteiger partial charge in [0.2, 0.25) is 0 Å². The summed E-state index contributed by atoms with van der Waals surface area (Å²) >= 11 is 0. The van der Waals surface area contributed by atoms with Crippen LogP contribution in [0.3, 0.4) is 0 Å². The molecule has 3 rings (SSSR count). The quantitative estimate of drug-likeness (QED) is 0.579. The van der Waals surface area contributed by atoms with E-state index >= 15 is 0 Å². The summed E-state index contributed by atoms with van der Waals surface area (Å²) < 4.78 is 0. The van der Waals surface area contributed by atoms with E-state index < -0.39 is 0 Å². The zero-order chi connectivity index (χ0) is 9.43. The fourth-order valence-corrected chi connectivity index (χ4v) is 3.43. The molecule has 1 spiro atoms. The van der Waals surface area contributed by atoms with Crippen LogP contribution in [-0.4, -0.2) is 0 Å². The maximum absolute atomic E-state index is 3.26. The lowest BCUT2D eigenvalue weighted by Crippen LogP contribution is -2.25. The summed E-state index contributed by atoms with van der Waals surface area (Å²) in [5.74, 6) is 0. The minimum absolute atomic E-state index is 0.575. The van der Waals surface area contributed by atoms with Crippen LogP contribution in [0.5, 0.6) is 0 Å². The van der Waals surface area contributed by atoms with E-state index in [1.54, 1.807) is 11.1 Å². The second kappa shape index (κ2) is 3.12. The van der Waals surface area contributed by atoms with E-state index in [9.17, 15) is 0 Å². The number of rotatable bonds is 0. The average Bonchev–Trinajstić information content (AvgIpc) is 2.60. The van der Waals surface area contributed by atoms with Crippen molar-refractivity contribution in [2.45, 2.75) is 50.4 Å². The average molecular weight is 185 g/mol. The zero-order valence-electron chi connectivity index (χ0n) is 8.68. The minimum atomic E-state index is 0.575. The van der Waals surface area contributed by atoms with Crippen LogP contribution in [0.4, 0.5) is 0 Å². The standard InChI is InChI=1S/C14H17/c1-4-9-14(10-5-1)11-8-12-6-2-3-7-13(12)14/h2,6-7H,1,4-5,8-11H2. The molecule has 0 bridgehead atoms. The molecule has 73 valence electrons. The summed E-state index contributed by atoms with van der Waals surface area (Å²) in [5.41, 5.74) is 3.82. The second-order valence-electron chi connectivity index (χ2n) is 4.92. The molecule has 0 saturated heterocycles. The fraction of sp³-hybridized carbons (Fsp3) is 0.571. The summed E-state index contributed by atoms with van der Waals surface area (Å²) in [6.07, 6.45) is 9.90. The second-order valence-corrected chi connectivity index (χ2v) is 4.92. The summed E-state index contributed by atoms with van der Waals surface area (Å²) in [4.78, 5) is 0. The van der Waals surface area contributed by atoms with E-state index in [1.807, 2.05) is 0 Å². The minimum Gasteiger partial charge on any atom is -0.0581 e. The topological polar surface area (TPSA) is 0 Å². The van der Waals surface area contributed by atoms with Crippen molar-refractivity contribution in [1.82, 2.24) is 0 Å². The van der Waals surface area contributed by atoms with Gasteiger partial charge in [0.15, 0.2) is 0 Å². The number of fused-ring (bicyclic) bond motifs is 2. The van der Waals surface area contributed by atoms with Crippen molar-refractivity contribution in [3.63, 3.8) is 0 Å². The molecule has 0 aromatic heterocycles. The molecule has 14 heavy (non-hydrogen) atoms. The molecular weight excluding hydrogens is 168 g/mol. The van der Waals surface area contributed by atoms with Gasteiger partial charge in [-0.05, 0) is 48.3 Å². The monoisotopic (exact) mass is 185 g/mol. The number of benzene rings is 1. The van der Waals surface area contributed by atoms with Gasteiger partial charge in [0.25, 0.3) is 0 Å². The summed E-state index contributed by atoms with van der Waals surface area (Å²) in [7, 11) is 0. The van der Waals surface area contributed by atoms with Gasteiger partial charge in [0, 0.05) is 0 Å². The van der Waals surface area contributed by atoms with Crippen molar-refractivity contribution >= 4 is 0 Å². The van der Waals surface area contributed by atoms with Crippen molar-refractivity contribution in [2.75, 3.05) is 0 Å². The number of hydrogen-bond donors (Lipinski definition) is 0. The molecule has 1 fully saturated rings. The van der Waals surface area contributed by atoms with Crippen LogP contribution >= 0.6 is 0 Å². The van der Waals surface area contributed by atoms with E-state index in [4.69, 9.17) is 0 Å². The maximum atomic E-state index is 3.26. The molecule has 1 saturated carbocycles. The van der Waals surface area contributed by atoms with Gasteiger partial charge in [-0.3, -0.25) is 0 Å². The third-order valence-electron chi connectivity index (χ3n) is 4.21. The van der Waals surface area contributed by atoms with Gasteiger partial charge in [-0.15, -0.1) is 0 Å². The summed E-state index contributed by atoms with van der Waals surface area (Å²) in [6.45, 7) is 0. The predicted octanol–water partition coefficient (Wildman–Crippen LogP) is 3.63. The van der Waals surface area contributed by atoms with Crippen molar-refractivity contribution in [1.29, 1.82) is 0 Å². The molecule has 0 nitrogen and oxygen atoms in total. The Kier molecular flexibility index (Phi) is 1.90. The molecule has 0 aliphatic heterocycles. The van der Waals surface area contributed by atoms with Crippen LogP contribution in [0, 0.1) is 6.07 Å². The fourth-order valence-electron chi connectivity index (χ4n) is 3.43. The van der Waals surface area contributed by atoms with Crippen molar-refractivity contribution in [3.8, 4) is 0 Å². The van der Waals surface area contributed by atoms with Gasteiger partial charge in [-0.2, -0.15) is 0 Å². The summed E-state index contributed by atoms with van der Waals surface area (Å²) in [5, 5.41) is 0. The van der Waals surface area contributed by atoms with Crippen LogP contribution in [-0.2, 0) is 11.8 Å². The Morgan fingerprint density at radius 3 is 2.79 bits per heavy atom. The van der Waals surface area contributed by atoms with Crippen LogP contribution in [0.1, 0.15) is 49.7 Å². The van der Waals surface area contributed by atoms with E-state index in [0.29, 0.717) is 5.41 Å². The number of hydrogen-bond acceptors (Lipinski definition) is 0. The highest BCUT2D eigenvalue weighted by molar-refractivity contribution is 5.39. The maximum Gasteiger partial charge on any atom is -0.00409 e. The molecule has 1 radical (unpaired) electrons. The van der Waals surface area contributed by atoms with Gasteiger partial charge < -0.3 is 0 Å². The van der Waals surface area contributed by atoms with Gasteiger partial charge in [-0.1, -0.05) is 37.5 Å². The lowest BCUT2D eigenvalue weighted by atomic mass is 9.70. The highest BCUT2D eigenvalue weighted by Crippen LogP contribution is 2.48. The SMILES string of the molecule is [c]1ccc2c(c1)C1(CCCCC1)CC2. The molecule has 0 atom stereocenters. The first kappa shape index (κ1) is 8.52. The Hall–Kier alpha value is -0.780. The molecule has 0 heteroatoms. The smallest absolute Gasteiger partial charge is 0.00409 e. The van der Waals surface area contributed by atoms with Gasteiger partial charge in [0.05, 0.1) is 0 Å². The van der Waals surface area contributed by atoms with Crippen LogP contribution in [0.25, 0.3) is 0 Å². The first-order valence-corrected chi connectivity index (χ1v) is 5.90. The lowest BCUT2D eigenvalue weighted by molar-refractivity contribution is 0.292. The molecule has 0 amide bonds. The third kappa shape index (κ3) is 1.13. The van der Waals surface area contributed by atoms with Gasteiger partial charge in [-0.25, -0.2) is 0 Å². The molecular formula is C14H17. The van der Waals surface area contributed by atoms with Crippen molar-refractivity contribution < 1.29 is 0 Å². The Labute approximate surface area is 86.3 Å². The van der Waals surface area contributed by atoms with Gasteiger partial charge >= 0.3 is 0 Å². The molecule has 1 aromatic carbocycles.